The van der Waals surface area contributed by atoms with Gasteiger partial charge in [-0.2, -0.15) is 0 Å². The first-order valence-electron chi connectivity index (χ1n) is 3.95. The Morgan fingerprint density at radius 2 is 2.18 bits per heavy atom. The van der Waals surface area contributed by atoms with Crippen LogP contribution in [0.1, 0.15) is 13.3 Å². The number of ether oxygens (including phenoxy) is 1. The van der Waals surface area contributed by atoms with E-state index >= 15 is 0 Å². The molecule has 0 spiro atoms. The Hall–Kier alpha value is -0.123. The van der Waals surface area contributed by atoms with Gasteiger partial charge in [-0.3, -0.25) is 0 Å². The molecule has 0 aromatic rings. The van der Waals surface area contributed by atoms with Crippen LogP contribution in [-0.2, 0) is 9.16 Å². The predicted molar refractivity (Wildman–Crippen MR) is 47.8 cm³/mol. The summed E-state index contributed by atoms with van der Waals surface area (Å²) in [6.45, 7) is 7.98. The SMILES string of the molecule is C=CC[Si]OCCOCCC. The molecule has 0 saturated carbocycles. The molecule has 3 heteroatoms. The van der Waals surface area contributed by atoms with Crippen LogP contribution in [0.15, 0.2) is 12.7 Å². The van der Waals surface area contributed by atoms with Gasteiger partial charge in [-0.1, -0.05) is 13.0 Å². The van der Waals surface area contributed by atoms with E-state index in [0.29, 0.717) is 16.4 Å². The van der Waals surface area contributed by atoms with Gasteiger partial charge in [-0.05, 0) is 12.5 Å². The van der Waals surface area contributed by atoms with Gasteiger partial charge in [0.1, 0.15) is 0 Å². The minimum absolute atomic E-state index is 0.546. The highest BCUT2D eigenvalue weighted by molar-refractivity contribution is 6.27. The molecule has 0 unspecified atom stereocenters. The molecule has 0 aliphatic carbocycles. The lowest BCUT2D eigenvalue weighted by molar-refractivity contribution is 0.102. The molecular formula is C8H16O2Si. The maximum atomic E-state index is 5.25. The Bertz CT molecular complexity index is 86.2. The van der Waals surface area contributed by atoms with Crippen LogP contribution in [0.5, 0.6) is 0 Å². The van der Waals surface area contributed by atoms with E-state index in [-0.39, 0.29) is 0 Å². The highest BCUT2D eigenvalue weighted by Gasteiger charge is 1.88. The van der Waals surface area contributed by atoms with Crippen molar-refractivity contribution in [3.8, 4) is 0 Å². The monoisotopic (exact) mass is 172 g/mol. The predicted octanol–water partition coefficient (Wildman–Crippen LogP) is 1.65. The molecule has 0 aliphatic rings. The maximum absolute atomic E-state index is 5.25. The van der Waals surface area contributed by atoms with Crippen molar-refractivity contribution in [2.45, 2.75) is 19.4 Å². The lowest BCUT2D eigenvalue weighted by Crippen LogP contribution is -2.06. The molecule has 0 bridgehead atoms. The molecule has 0 amide bonds. The van der Waals surface area contributed by atoms with Crippen LogP contribution < -0.4 is 0 Å². The van der Waals surface area contributed by atoms with Crippen molar-refractivity contribution in [2.75, 3.05) is 19.8 Å². The molecule has 0 aliphatic heterocycles. The third-order valence-electron chi connectivity index (χ3n) is 1.01. The van der Waals surface area contributed by atoms with Crippen LogP contribution in [-0.4, -0.2) is 29.6 Å². The Balaban J connectivity index is 2.74. The summed E-state index contributed by atoms with van der Waals surface area (Å²) >= 11 is 0. The first-order valence-corrected chi connectivity index (χ1v) is 5.06. The van der Waals surface area contributed by atoms with E-state index in [4.69, 9.17) is 9.16 Å². The molecule has 0 rings (SSSR count). The molecular weight excluding hydrogens is 156 g/mol. The fraction of sp³-hybridized carbons (Fsp3) is 0.750. The molecule has 0 heterocycles. The summed E-state index contributed by atoms with van der Waals surface area (Å²) in [4.78, 5) is 0. The fourth-order valence-electron chi connectivity index (χ4n) is 0.537. The summed E-state index contributed by atoms with van der Waals surface area (Å²) in [5.74, 6) is 0. The van der Waals surface area contributed by atoms with Crippen molar-refractivity contribution in [1.29, 1.82) is 0 Å². The largest absolute Gasteiger partial charge is 0.415 e. The van der Waals surface area contributed by atoms with Crippen LogP contribution in [0.2, 0.25) is 6.04 Å². The van der Waals surface area contributed by atoms with Crippen molar-refractivity contribution in [1.82, 2.24) is 0 Å². The van der Waals surface area contributed by atoms with Crippen LogP contribution in [0.4, 0.5) is 0 Å². The van der Waals surface area contributed by atoms with E-state index in [9.17, 15) is 0 Å². The molecule has 64 valence electrons. The Labute approximate surface area is 71.5 Å². The van der Waals surface area contributed by atoms with E-state index in [0.717, 1.165) is 25.7 Å². The van der Waals surface area contributed by atoms with Crippen LogP contribution in [0.25, 0.3) is 0 Å². The zero-order chi connectivity index (χ0) is 8.36. The minimum atomic E-state index is 0.546. The summed E-state index contributed by atoms with van der Waals surface area (Å²) < 4.78 is 10.5. The molecule has 0 aromatic carbocycles. The van der Waals surface area contributed by atoms with Crippen LogP contribution in [0.3, 0.4) is 0 Å². The standard InChI is InChI=1S/C8H16O2Si/c1-3-5-9-6-7-10-11-8-4-2/h4H,2-3,5-8H2,1H3. The molecule has 0 saturated heterocycles. The molecule has 0 N–H and O–H groups in total. The van der Waals surface area contributed by atoms with Gasteiger partial charge < -0.3 is 9.16 Å². The lowest BCUT2D eigenvalue weighted by Gasteiger charge is -2.01. The van der Waals surface area contributed by atoms with Crippen LogP contribution in [0, 0.1) is 0 Å². The lowest BCUT2D eigenvalue weighted by atomic mass is 10.5. The molecule has 0 atom stereocenters. The smallest absolute Gasteiger partial charge is 0.233 e. The number of hydrogen-bond acceptors (Lipinski definition) is 2. The molecule has 0 aromatic heterocycles. The fourth-order valence-corrected chi connectivity index (χ4v) is 1.00. The Morgan fingerprint density at radius 3 is 2.82 bits per heavy atom. The summed E-state index contributed by atoms with van der Waals surface area (Å²) in [5, 5.41) is 0. The molecule has 11 heavy (non-hydrogen) atoms. The number of rotatable bonds is 8. The highest BCUT2D eigenvalue weighted by atomic mass is 28.2. The van der Waals surface area contributed by atoms with Crippen molar-refractivity contribution >= 4 is 9.76 Å². The summed E-state index contributed by atoms with van der Waals surface area (Å²) in [7, 11) is 0.546. The Morgan fingerprint density at radius 1 is 1.36 bits per heavy atom. The van der Waals surface area contributed by atoms with Gasteiger partial charge >= 0.3 is 0 Å². The first kappa shape index (κ1) is 10.9. The zero-order valence-electron chi connectivity index (χ0n) is 7.14. The van der Waals surface area contributed by atoms with E-state index in [2.05, 4.69) is 13.5 Å². The third-order valence-corrected chi connectivity index (χ3v) is 1.87. The van der Waals surface area contributed by atoms with Crippen molar-refractivity contribution in [3.63, 3.8) is 0 Å². The van der Waals surface area contributed by atoms with Gasteiger partial charge in [-0.25, -0.2) is 0 Å². The highest BCUT2D eigenvalue weighted by Crippen LogP contribution is 1.83. The quantitative estimate of drug-likeness (QED) is 0.315. The molecule has 0 fully saturated rings. The summed E-state index contributed by atoms with van der Waals surface area (Å²) in [6.07, 6.45) is 2.94. The van der Waals surface area contributed by atoms with E-state index in [1.807, 2.05) is 6.08 Å². The van der Waals surface area contributed by atoms with Gasteiger partial charge in [0.05, 0.1) is 13.2 Å². The summed E-state index contributed by atoms with van der Waals surface area (Å²) in [6, 6.07) is 0.952. The number of allylic oxidation sites excluding steroid dienone is 1. The van der Waals surface area contributed by atoms with Crippen molar-refractivity contribution < 1.29 is 9.16 Å². The van der Waals surface area contributed by atoms with Gasteiger partial charge in [0.25, 0.3) is 0 Å². The second kappa shape index (κ2) is 9.88. The van der Waals surface area contributed by atoms with Crippen molar-refractivity contribution in [2.24, 2.45) is 0 Å². The average molecular weight is 172 g/mol. The molecule has 2 radical (unpaired) electrons. The normalized spacial score (nSPS) is 9.91. The van der Waals surface area contributed by atoms with Gasteiger partial charge in [0.15, 0.2) is 0 Å². The second-order valence-corrected chi connectivity index (χ2v) is 3.08. The van der Waals surface area contributed by atoms with E-state index in [1.165, 1.54) is 0 Å². The third kappa shape index (κ3) is 9.88. The zero-order valence-corrected chi connectivity index (χ0v) is 8.14. The average Bonchev–Trinajstić information content (AvgIpc) is 2.03. The Kier molecular flexibility index (Phi) is 9.77. The van der Waals surface area contributed by atoms with Gasteiger partial charge in [0, 0.05) is 6.61 Å². The van der Waals surface area contributed by atoms with Crippen molar-refractivity contribution in [3.05, 3.63) is 12.7 Å². The van der Waals surface area contributed by atoms with Gasteiger partial charge in [0.2, 0.25) is 9.76 Å². The first-order chi connectivity index (χ1) is 5.41. The maximum Gasteiger partial charge on any atom is 0.233 e. The van der Waals surface area contributed by atoms with E-state index < -0.39 is 0 Å². The van der Waals surface area contributed by atoms with E-state index in [1.54, 1.807) is 0 Å². The summed E-state index contributed by atoms with van der Waals surface area (Å²) in [5.41, 5.74) is 0. The van der Waals surface area contributed by atoms with Gasteiger partial charge in [-0.15, -0.1) is 6.58 Å². The molecule has 2 nitrogen and oxygen atoms in total. The number of hydrogen-bond donors (Lipinski definition) is 0. The minimum Gasteiger partial charge on any atom is -0.415 e. The topological polar surface area (TPSA) is 18.5 Å². The van der Waals surface area contributed by atoms with Crippen LogP contribution >= 0.6 is 0 Å². The second-order valence-electron chi connectivity index (χ2n) is 2.10.